The molecular weight excluding hydrogens is 208 g/mol. The molecule has 15 heavy (non-hydrogen) atoms. The summed E-state index contributed by atoms with van der Waals surface area (Å²) in [6.07, 6.45) is 0.847. The first kappa shape index (κ1) is 10.2. The van der Waals surface area contributed by atoms with Crippen LogP contribution in [0.3, 0.4) is 0 Å². The van der Waals surface area contributed by atoms with Gasteiger partial charge < -0.3 is 5.11 Å². The Morgan fingerprint density at radius 1 is 1.47 bits per heavy atom. The predicted molar refractivity (Wildman–Crippen MR) is 62.5 cm³/mol. The SMILES string of the molecule is Cc1cccc2cc(CCC(=O)O)sc12. The molecule has 2 rings (SSSR count). The minimum Gasteiger partial charge on any atom is -0.481 e. The lowest BCUT2D eigenvalue weighted by Crippen LogP contribution is -1.95. The first-order valence-corrected chi connectivity index (χ1v) is 5.68. The van der Waals surface area contributed by atoms with Crippen LogP contribution in [0.4, 0.5) is 0 Å². The summed E-state index contributed by atoms with van der Waals surface area (Å²) in [5.74, 6) is -0.732. The van der Waals surface area contributed by atoms with E-state index in [9.17, 15) is 4.79 Å². The van der Waals surface area contributed by atoms with Crippen molar-refractivity contribution in [1.82, 2.24) is 0 Å². The lowest BCUT2D eigenvalue weighted by molar-refractivity contribution is -0.136. The quantitative estimate of drug-likeness (QED) is 0.862. The summed E-state index contributed by atoms with van der Waals surface area (Å²) in [4.78, 5) is 11.6. The Labute approximate surface area is 92.2 Å². The zero-order valence-electron chi connectivity index (χ0n) is 8.49. The molecule has 0 aliphatic heterocycles. The van der Waals surface area contributed by atoms with Gasteiger partial charge in [0.1, 0.15) is 0 Å². The van der Waals surface area contributed by atoms with E-state index in [0.29, 0.717) is 6.42 Å². The Bertz CT molecular complexity index is 499. The average Bonchev–Trinajstić information content (AvgIpc) is 2.59. The third kappa shape index (κ3) is 2.18. The number of benzene rings is 1. The monoisotopic (exact) mass is 220 g/mol. The van der Waals surface area contributed by atoms with Crippen LogP contribution in [0.25, 0.3) is 10.1 Å². The van der Waals surface area contributed by atoms with Crippen LogP contribution in [0.5, 0.6) is 0 Å². The van der Waals surface area contributed by atoms with Gasteiger partial charge in [0.15, 0.2) is 0 Å². The summed E-state index contributed by atoms with van der Waals surface area (Å²) in [6.45, 7) is 2.08. The van der Waals surface area contributed by atoms with Crippen LogP contribution >= 0.6 is 11.3 Å². The van der Waals surface area contributed by atoms with Gasteiger partial charge >= 0.3 is 5.97 Å². The number of carboxylic acid groups (broad SMARTS) is 1. The lowest BCUT2D eigenvalue weighted by atomic mass is 10.2. The molecule has 0 spiro atoms. The largest absolute Gasteiger partial charge is 0.481 e. The minimum atomic E-state index is -0.732. The highest BCUT2D eigenvalue weighted by atomic mass is 32.1. The van der Waals surface area contributed by atoms with Crippen LogP contribution in [0, 0.1) is 6.92 Å². The van der Waals surface area contributed by atoms with Crippen LogP contribution in [0.15, 0.2) is 24.3 Å². The number of aryl methyl sites for hydroxylation is 2. The van der Waals surface area contributed by atoms with Crippen molar-refractivity contribution in [2.75, 3.05) is 0 Å². The number of fused-ring (bicyclic) bond motifs is 1. The van der Waals surface area contributed by atoms with Crippen LogP contribution in [-0.4, -0.2) is 11.1 Å². The third-order valence-electron chi connectivity index (χ3n) is 2.38. The van der Waals surface area contributed by atoms with E-state index in [4.69, 9.17) is 5.11 Å². The fourth-order valence-corrected chi connectivity index (χ4v) is 2.74. The molecule has 3 heteroatoms. The van der Waals surface area contributed by atoms with Crippen molar-refractivity contribution in [3.63, 3.8) is 0 Å². The molecule has 0 bridgehead atoms. The van der Waals surface area contributed by atoms with Gasteiger partial charge in [0.2, 0.25) is 0 Å². The highest BCUT2D eigenvalue weighted by molar-refractivity contribution is 7.19. The second kappa shape index (κ2) is 4.03. The van der Waals surface area contributed by atoms with E-state index < -0.39 is 5.97 Å². The number of carboxylic acids is 1. The molecule has 2 nitrogen and oxygen atoms in total. The van der Waals surface area contributed by atoms with Crippen molar-refractivity contribution in [2.24, 2.45) is 0 Å². The lowest BCUT2D eigenvalue weighted by Gasteiger charge is -1.92. The van der Waals surface area contributed by atoms with Crippen LogP contribution in [0.1, 0.15) is 16.9 Å². The van der Waals surface area contributed by atoms with Gasteiger partial charge in [0, 0.05) is 9.58 Å². The second-order valence-corrected chi connectivity index (χ2v) is 4.74. The molecule has 0 atom stereocenters. The number of thiophene rings is 1. The van der Waals surface area contributed by atoms with E-state index in [1.54, 1.807) is 11.3 Å². The van der Waals surface area contributed by atoms with E-state index in [-0.39, 0.29) is 6.42 Å². The fourth-order valence-electron chi connectivity index (χ4n) is 1.62. The van der Waals surface area contributed by atoms with Gasteiger partial charge in [-0.1, -0.05) is 18.2 Å². The molecule has 0 saturated heterocycles. The molecule has 0 unspecified atom stereocenters. The zero-order chi connectivity index (χ0) is 10.8. The van der Waals surface area contributed by atoms with E-state index >= 15 is 0 Å². The number of hydrogen-bond donors (Lipinski definition) is 1. The normalized spacial score (nSPS) is 10.7. The van der Waals surface area contributed by atoms with Crippen molar-refractivity contribution >= 4 is 27.4 Å². The summed E-state index contributed by atoms with van der Waals surface area (Å²) in [6, 6.07) is 8.28. The molecule has 1 N–H and O–H groups in total. The van der Waals surface area contributed by atoms with Gasteiger partial charge in [-0.2, -0.15) is 0 Å². The van der Waals surface area contributed by atoms with E-state index in [1.807, 2.05) is 6.07 Å². The van der Waals surface area contributed by atoms with Gasteiger partial charge in [0.05, 0.1) is 6.42 Å². The molecule has 0 amide bonds. The van der Waals surface area contributed by atoms with Crippen molar-refractivity contribution in [3.05, 3.63) is 34.7 Å². The van der Waals surface area contributed by atoms with Gasteiger partial charge in [-0.3, -0.25) is 4.79 Å². The summed E-state index contributed by atoms with van der Waals surface area (Å²) in [7, 11) is 0. The van der Waals surface area contributed by atoms with E-state index in [1.165, 1.54) is 15.6 Å². The molecule has 0 saturated carbocycles. The number of aliphatic carboxylic acids is 1. The van der Waals surface area contributed by atoms with Crippen molar-refractivity contribution in [2.45, 2.75) is 19.8 Å². The summed E-state index contributed by atoms with van der Waals surface area (Å²) in [5.41, 5.74) is 1.26. The molecule has 1 aromatic heterocycles. The van der Waals surface area contributed by atoms with Crippen LogP contribution < -0.4 is 0 Å². The maximum atomic E-state index is 10.5. The summed E-state index contributed by atoms with van der Waals surface area (Å²) >= 11 is 1.70. The van der Waals surface area contributed by atoms with Crippen molar-refractivity contribution < 1.29 is 9.90 Å². The molecule has 0 fully saturated rings. The average molecular weight is 220 g/mol. The standard InChI is InChI=1S/C12H12O2S/c1-8-3-2-4-9-7-10(15-12(8)9)5-6-11(13)14/h2-4,7H,5-6H2,1H3,(H,13,14). The predicted octanol–water partition coefficient (Wildman–Crippen LogP) is 3.23. The van der Waals surface area contributed by atoms with Crippen molar-refractivity contribution in [1.29, 1.82) is 0 Å². The molecule has 78 valence electrons. The molecule has 1 aromatic carbocycles. The van der Waals surface area contributed by atoms with Gasteiger partial charge in [-0.25, -0.2) is 0 Å². The molecule has 1 heterocycles. The van der Waals surface area contributed by atoms with E-state index in [0.717, 1.165) is 4.88 Å². The Morgan fingerprint density at radius 3 is 2.93 bits per heavy atom. The highest BCUT2D eigenvalue weighted by Gasteiger charge is 2.05. The number of rotatable bonds is 3. The Kier molecular flexibility index (Phi) is 2.73. The minimum absolute atomic E-state index is 0.214. The first-order valence-electron chi connectivity index (χ1n) is 4.86. The number of carbonyl (C=O) groups is 1. The Morgan fingerprint density at radius 2 is 2.27 bits per heavy atom. The van der Waals surface area contributed by atoms with E-state index in [2.05, 4.69) is 25.1 Å². The zero-order valence-corrected chi connectivity index (χ0v) is 9.30. The molecule has 0 radical (unpaired) electrons. The Balaban J connectivity index is 2.31. The van der Waals surface area contributed by atoms with Gasteiger partial charge in [0.25, 0.3) is 0 Å². The topological polar surface area (TPSA) is 37.3 Å². The molecule has 0 aliphatic carbocycles. The highest BCUT2D eigenvalue weighted by Crippen LogP contribution is 2.28. The van der Waals surface area contributed by atoms with Gasteiger partial charge in [-0.15, -0.1) is 11.3 Å². The molecule has 0 aliphatic rings. The maximum Gasteiger partial charge on any atom is 0.303 e. The third-order valence-corrected chi connectivity index (χ3v) is 3.72. The smallest absolute Gasteiger partial charge is 0.303 e. The van der Waals surface area contributed by atoms with Crippen LogP contribution in [0.2, 0.25) is 0 Å². The molecular formula is C12H12O2S. The maximum absolute atomic E-state index is 10.5. The Hall–Kier alpha value is -1.35. The summed E-state index contributed by atoms with van der Waals surface area (Å²) in [5, 5.41) is 9.83. The first-order chi connectivity index (χ1) is 7.16. The van der Waals surface area contributed by atoms with Crippen LogP contribution in [-0.2, 0) is 11.2 Å². The fraction of sp³-hybridized carbons (Fsp3) is 0.250. The second-order valence-electron chi connectivity index (χ2n) is 3.60. The number of hydrogen-bond acceptors (Lipinski definition) is 2. The van der Waals surface area contributed by atoms with Crippen molar-refractivity contribution in [3.8, 4) is 0 Å². The summed E-state index contributed by atoms with van der Waals surface area (Å²) < 4.78 is 1.28. The van der Waals surface area contributed by atoms with Gasteiger partial charge in [-0.05, 0) is 30.4 Å². The molecule has 2 aromatic rings.